The van der Waals surface area contributed by atoms with Gasteiger partial charge in [-0.15, -0.1) is 0 Å². The van der Waals surface area contributed by atoms with Crippen molar-refractivity contribution in [2.75, 3.05) is 11.9 Å². The summed E-state index contributed by atoms with van der Waals surface area (Å²) >= 11 is 0. The molecular formula is C16H20N2O. The number of hydrogen-bond donors (Lipinski definition) is 1. The monoisotopic (exact) mass is 256 g/mol. The second kappa shape index (κ2) is 4.25. The van der Waals surface area contributed by atoms with Crippen molar-refractivity contribution in [3.05, 3.63) is 29.3 Å². The summed E-state index contributed by atoms with van der Waals surface area (Å²) in [6.07, 6.45) is 1.50. The van der Waals surface area contributed by atoms with Gasteiger partial charge in [-0.3, -0.25) is 0 Å². The highest BCUT2D eigenvalue weighted by Crippen LogP contribution is 2.53. The van der Waals surface area contributed by atoms with Gasteiger partial charge in [-0.2, -0.15) is 5.26 Å². The number of ether oxygens (including phenoxy) is 1. The molecule has 3 nitrogen and oxygen atoms in total. The molecule has 1 heterocycles. The van der Waals surface area contributed by atoms with Crippen molar-refractivity contribution >= 4 is 5.69 Å². The van der Waals surface area contributed by atoms with Crippen LogP contribution in [0.4, 0.5) is 5.69 Å². The van der Waals surface area contributed by atoms with Crippen molar-refractivity contribution in [1.29, 1.82) is 5.26 Å². The number of anilines is 1. The molecule has 19 heavy (non-hydrogen) atoms. The fraction of sp³-hybridized carbons (Fsp3) is 0.562. The Bertz CT molecular complexity index is 544. The van der Waals surface area contributed by atoms with E-state index in [1.54, 1.807) is 0 Å². The van der Waals surface area contributed by atoms with Crippen LogP contribution in [-0.2, 0) is 4.74 Å². The van der Waals surface area contributed by atoms with Crippen LogP contribution >= 0.6 is 0 Å². The predicted molar refractivity (Wildman–Crippen MR) is 74.9 cm³/mol. The first-order valence-electron chi connectivity index (χ1n) is 6.93. The van der Waals surface area contributed by atoms with Crippen LogP contribution < -0.4 is 5.32 Å². The molecule has 3 heteroatoms. The lowest BCUT2D eigenvalue weighted by Gasteiger charge is -2.55. The van der Waals surface area contributed by atoms with E-state index in [-0.39, 0.29) is 5.41 Å². The van der Waals surface area contributed by atoms with E-state index in [1.165, 1.54) is 0 Å². The van der Waals surface area contributed by atoms with Gasteiger partial charge in [-0.25, -0.2) is 0 Å². The van der Waals surface area contributed by atoms with Crippen molar-refractivity contribution in [2.24, 2.45) is 11.3 Å². The van der Waals surface area contributed by atoms with Crippen LogP contribution in [0, 0.1) is 29.6 Å². The van der Waals surface area contributed by atoms with Crippen LogP contribution in [0.15, 0.2) is 18.2 Å². The minimum atomic E-state index is 0.137. The number of nitrogens with one attached hydrogen (secondary N) is 1. The smallest absolute Gasteiger partial charge is 0.102 e. The molecule has 1 saturated heterocycles. The van der Waals surface area contributed by atoms with E-state index in [2.05, 4.69) is 25.2 Å². The van der Waals surface area contributed by atoms with E-state index in [0.29, 0.717) is 18.1 Å². The predicted octanol–water partition coefficient (Wildman–Crippen LogP) is 3.09. The van der Waals surface area contributed by atoms with Gasteiger partial charge in [0.25, 0.3) is 0 Å². The zero-order valence-electron chi connectivity index (χ0n) is 11.7. The molecule has 0 bridgehead atoms. The molecular weight excluding hydrogens is 236 g/mol. The fourth-order valence-corrected chi connectivity index (χ4v) is 3.72. The molecule has 2 fully saturated rings. The summed E-state index contributed by atoms with van der Waals surface area (Å²) in [5.74, 6) is 0.585. The molecule has 0 radical (unpaired) electrons. The Morgan fingerprint density at radius 3 is 2.95 bits per heavy atom. The summed E-state index contributed by atoms with van der Waals surface area (Å²) in [5, 5.41) is 12.9. The van der Waals surface area contributed by atoms with Gasteiger partial charge in [0.05, 0.1) is 17.4 Å². The van der Waals surface area contributed by atoms with Gasteiger partial charge in [0.1, 0.15) is 6.07 Å². The van der Waals surface area contributed by atoms with Gasteiger partial charge >= 0.3 is 0 Å². The lowest BCUT2D eigenvalue weighted by molar-refractivity contribution is -0.0923. The zero-order valence-corrected chi connectivity index (χ0v) is 11.7. The molecule has 0 spiro atoms. The van der Waals surface area contributed by atoms with E-state index in [9.17, 15) is 5.26 Å². The number of benzene rings is 1. The number of hydrogen-bond acceptors (Lipinski definition) is 3. The summed E-state index contributed by atoms with van der Waals surface area (Å²) in [4.78, 5) is 0. The highest BCUT2D eigenvalue weighted by atomic mass is 16.5. The number of fused-ring (bicyclic) bond motifs is 1. The Labute approximate surface area is 114 Å². The third-order valence-corrected chi connectivity index (χ3v) is 4.80. The lowest BCUT2D eigenvalue weighted by Crippen LogP contribution is -2.63. The van der Waals surface area contributed by atoms with Crippen LogP contribution in [0.3, 0.4) is 0 Å². The molecule has 1 aromatic rings. The standard InChI is InChI=1S/C16H20N2O/c1-10-5-4-6-13(12(10)9-17)18-14-11-7-8-19-15(11)16(14,2)3/h4-6,11,14-15,18H,7-8H2,1-3H3. The molecule has 1 aliphatic heterocycles. The average molecular weight is 256 g/mol. The van der Waals surface area contributed by atoms with E-state index in [0.717, 1.165) is 29.8 Å². The molecule has 0 aromatic heterocycles. The van der Waals surface area contributed by atoms with Gasteiger partial charge < -0.3 is 10.1 Å². The molecule has 100 valence electrons. The first-order valence-corrected chi connectivity index (χ1v) is 6.93. The van der Waals surface area contributed by atoms with Gasteiger partial charge in [0, 0.05) is 24.0 Å². The van der Waals surface area contributed by atoms with E-state index < -0.39 is 0 Å². The second-order valence-corrected chi connectivity index (χ2v) is 6.30. The quantitative estimate of drug-likeness (QED) is 0.884. The maximum Gasteiger partial charge on any atom is 0.102 e. The van der Waals surface area contributed by atoms with Crippen molar-refractivity contribution in [1.82, 2.24) is 0 Å². The summed E-state index contributed by atoms with van der Waals surface area (Å²) in [7, 11) is 0. The van der Waals surface area contributed by atoms with Crippen molar-refractivity contribution in [2.45, 2.75) is 39.3 Å². The summed E-state index contributed by atoms with van der Waals surface area (Å²) in [6.45, 7) is 7.35. The summed E-state index contributed by atoms with van der Waals surface area (Å²) < 4.78 is 5.81. The third kappa shape index (κ3) is 1.74. The van der Waals surface area contributed by atoms with E-state index in [4.69, 9.17) is 4.74 Å². The van der Waals surface area contributed by atoms with Gasteiger partial charge in [0.2, 0.25) is 0 Å². The number of rotatable bonds is 2. The first kappa shape index (κ1) is 12.5. The second-order valence-electron chi connectivity index (χ2n) is 6.30. The Morgan fingerprint density at radius 2 is 2.21 bits per heavy atom. The topological polar surface area (TPSA) is 45.0 Å². The number of aryl methyl sites for hydroxylation is 1. The SMILES string of the molecule is Cc1cccc(NC2C3CCOC3C2(C)C)c1C#N. The van der Waals surface area contributed by atoms with Gasteiger partial charge in [0.15, 0.2) is 0 Å². The molecule has 0 amide bonds. The molecule has 1 aliphatic carbocycles. The van der Waals surface area contributed by atoms with Crippen LogP contribution in [0.25, 0.3) is 0 Å². The molecule has 1 saturated carbocycles. The Morgan fingerprint density at radius 1 is 1.42 bits per heavy atom. The molecule has 3 atom stereocenters. The van der Waals surface area contributed by atoms with Crippen LogP contribution in [-0.4, -0.2) is 18.8 Å². The summed E-state index contributed by atoms with van der Waals surface area (Å²) in [5.41, 5.74) is 2.90. The Balaban J connectivity index is 1.87. The summed E-state index contributed by atoms with van der Waals surface area (Å²) in [6, 6.07) is 8.70. The van der Waals surface area contributed by atoms with E-state index >= 15 is 0 Å². The minimum absolute atomic E-state index is 0.137. The molecule has 1 aromatic carbocycles. The lowest BCUT2D eigenvalue weighted by atomic mass is 9.57. The van der Waals surface area contributed by atoms with Crippen molar-refractivity contribution in [3.63, 3.8) is 0 Å². The van der Waals surface area contributed by atoms with Crippen LogP contribution in [0.1, 0.15) is 31.4 Å². The highest BCUT2D eigenvalue weighted by molar-refractivity contribution is 5.61. The average Bonchev–Trinajstić information content (AvgIpc) is 2.83. The first-order chi connectivity index (χ1) is 9.05. The van der Waals surface area contributed by atoms with Crippen LogP contribution in [0.5, 0.6) is 0 Å². The minimum Gasteiger partial charge on any atom is -0.380 e. The van der Waals surface area contributed by atoms with E-state index in [1.807, 2.05) is 25.1 Å². The maximum absolute atomic E-state index is 9.31. The molecule has 3 unspecified atom stereocenters. The van der Waals surface area contributed by atoms with Crippen molar-refractivity contribution in [3.8, 4) is 6.07 Å². The Kier molecular flexibility index (Phi) is 2.79. The number of nitrogens with zero attached hydrogens (tertiary/aromatic N) is 1. The normalized spacial score (nSPS) is 31.2. The largest absolute Gasteiger partial charge is 0.380 e. The molecule has 3 rings (SSSR count). The zero-order chi connectivity index (χ0) is 13.6. The van der Waals surface area contributed by atoms with Gasteiger partial charge in [-0.05, 0) is 25.0 Å². The highest BCUT2D eigenvalue weighted by Gasteiger charge is 2.59. The van der Waals surface area contributed by atoms with Gasteiger partial charge in [-0.1, -0.05) is 26.0 Å². The molecule has 1 N–H and O–H groups in total. The van der Waals surface area contributed by atoms with Crippen molar-refractivity contribution < 1.29 is 4.74 Å². The fourth-order valence-electron chi connectivity index (χ4n) is 3.72. The van der Waals surface area contributed by atoms with Crippen LogP contribution in [0.2, 0.25) is 0 Å². The molecule has 2 aliphatic rings. The Hall–Kier alpha value is -1.53. The third-order valence-electron chi connectivity index (χ3n) is 4.80. The maximum atomic E-state index is 9.31. The number of nitriles is 1.